The summed E-state index contributed by atoms with van der Waals surface area (Å²) in [7, 11) is 0. The van der Waals surface area contributed by atoms with Crippen molar-refractivity contribution < 1.29 is 28.6 Å². The molecule has 0 aromatic carbocycles. The molecule has 0 bridgehead atoms. The van der Waals surface area contributed by atoms with Gasteiger partial charge in [0.1, 0.15) is 12.2 Å². The monoisotopic (exact) mass is 416 g/mol. The van der Waals surface area contributed by atoms with Crippen molar-refractivity contribution in [3.05, 3.63) is 23.8 Å². The van der Waals surface area contributed by atoms with Gasteiger partial charge in [-0.1, -0.05) is 32.9 Å². The Morgan fingerprint density at radius 1 is 1.23 bits per heavy atom. The van der Waals surface area contributed by atoms with E-state index in [4.69, 9.17) is 14.2 Å². The number of ether oxygens (including phenoxy) is 3. The molecule has 1 aliphatic heterocycles. The second-order valence-electron chi connectivity index (χ2n) is 10.1. The van der Waals surface area contributed by atoms with Gasteiger partial charge >= 0.3 is 17.9 Å². The lowest BCUT2D eigenvalue weighted by molar-refractivity contribution is -0.160. The Bertz CT molecular complexity index is 828. The number of hydrogen-bond donors (Lipinski definition) is 0. The van der Waals surface area contributed by atoms with E-state index in [1.54, 1.807) is 0 Å². The number of hydrogen-bond acceptors (Lipinski definition) is 6. The zero-order valence-electron chi connectivity index (χ0n) is 18.4. The van der Waals surface area contributed by atoms with Crippen LogP contribution in [0.15, 0.2) is 23.8 Å². The van der Waals surface area contributed by atoms with E-state index in [1.807, 2.05) is 0 Å². The predicted molar refractivity (Wildman–Crippen MR) is 109 cm³/mol. The van der Waals surface area contributed by atoms with E-state index < -0.39 is 12.2 Å². The second kappa shape index (κ2) is 7.24. The molecule has 0 unspecified atom stereocenters. The SMILES string of the molecule is C=C1C(=O)O[C@H]2C3=CC[C@@H]4[C@@](C)(COC(C)=O)CCC[C@@]4(C)[C@@H]3C[C@H](OC(C)=O)[C@@H]12. The predicted octanol–water partition coefficient (Wildman–Crippen LogP) is 3.74. The standard InChI is InChI=1S/C24H32O6/c1-13-20-18(29-15(3)26)11-17-16(21(20)30-22(13)27)7-8-19-23(4,12-28-14(2)25)9-6-10-24(17,19)5/h7,17-21H,1,6,8-12H2,2-5H3/t17-,18+,19-,20-,21+,23-,24+/m1/s1. The van der Waals surface area contributed by atoms with E-state index in [1.165, 1.54) is 13.8 Å². The molecule has 6 heteroatoms. The topological polar surface area (TPSA) is 78.9 Å². The highest BCUT2D eigenvalue weighted by atomic mass is 16.6. The Morgan fingerprint density at radius 3 is 2.63 bits per heavy atom. The summed E-state index contributed by atoms with van der Waals surface area (Å²) >= 11 is 0. The van der Waals surface area contributed by atoms with Crippen molar-refractivity contribution in [2.75, 3.05) is 6.61 Å². The van der Waals surface area contributed by atoms with Gasteiger partial charge in [0.25, 0.3) is 0 Å². The molecule has 30 heavy (non-hydrogen) atoms. The molecule has 164 valence electrons. The smallest absolute Gasteiger partial charge is 0.334 e. The molecule has 4 rings (SSSR count). The average molecular weight is 417 g/mol. The van der Waals surface area contributed by atoms with Crippen molar-refractivity contribution >= 4 is 17.9 Å². The maximum atomic E-state index is 12.3. The fourth-order valence-corrected chi connectivity index (χ4v) is 6.92. The van der Waals surface area contributed by atoms with E-state index in [-0.39, 0.29) is 40.6 Å². The molecule has 0 N–H and O–H groups in total. The van der Waals surface area contributed by atoms with Gasteiger partial charge in [-0.05, 0) is 48.5 Å². The molecule has 0 aromatic heterocycles. The lowest BCUT2D eigenvalue weighted by atomic mass is 9.46. The third-order valence-corrected chi connectivity index (χ3v) is 8.23. The molecule has 7 atom stereocenters. The van der Waals surface area contributed by atoms with Crippen LogP contribution in [0, 0.1) is 28.6 Å². The van der Waals surface area contributed by atoms with E-state index in [9.17, 15) is 14.4 Å². The molecular weight excluding hydrogens is 384 g/mol. The number of carbonyl (C=O) groups excluding carboxylic acids is 3. The van der Waals surface area contributed by atoms with Crippen molar-refractivity contribution in [3.8, 4) is 0 Å². The van der Waals surface area contributed by atoms with Crippen LogP contribution in [0.5, 0.6) is 0 Å². The van der Waals surface area contributed by atoms with Crippen LogP contribution < -0.4 is 0 Å². The summed E-state index contributed by atoms with van der Waals surface area (Å²) in [5, 5.41) is 0. The van der Waals surface area contributed by atoms with Gasteiger partial charge in [0, 0.05) is 24.8 Å². The van der Waals surface area contributed by atoms with E-state index in [0.29, 0.717) is 24.5 Å². The molecule has 0 radical (unpaired) electrons. The fraction of sp³-hybridized carbons (Fsp3) is 0.708. The minimum Gasteiger partial charge on any atom is -0.465 e. The van der Waals surface area contributed by atoms with Gasteiger partial charge in [-0.2, -0.15) is 0 Å². The first kappa shape index (κ1) is 21.1. The summed E-state index contributed by atoms with van der Waals surface area (Å²) in [6.07, 6.45) is 6.08. The number of carbonyl (C=O) groups is 3. The Labute approximate surface area is 178 Å². The van der Waals surface area contributed by atoms with Crippen molar-refractivity contribution in [3.63, 3.8) is 0 Å². The third-order valence-electron chi connectivity index (χ3n) is 8.23. The number of allylic oxidation sites excluding steroid dienone is 1. The zero-order valence-corrected chi connectivity index (χ0v) is 18.4. The minimum atomic E-state index is -0.411. The molecule has 0 aromatic rings. The van der Waals surface area contributed by atoms with Gasteiger partial charge < -0.3 is 14.2 Å². The van der Waals surface area contributed by atoms with Crippen LogP contribution in [-0.4, -0.2) is 36.7 Å². The Balaban J connectivity index is 1.71. The summed E-state index contributed by atoms with van der Waals surface area (Å²) in [4.78, 5) is 35.6. The Hall–Kier alpha value is -2.11. The molecule has 1 heterocycles. The summed E-state index contributed by atoms with van der Waals surface area (Å²) < 4.78 is 16.9. The first-order valence-electron chi connectivity index (χ1n) is 11.0. The van der Waals surface area contributed by atoms with Gasteiger partial charge in [0.05, 0.1) is 12.5 Å². The molecule has 2 saturated carbocycles. The largest absolute Gasteiger partial charge is 0.465 e. The third kappa shape index (κ3) is 3.19. The van der Waals surface area contributed by atoms with Crippen LogP contribution in [0.3, 0.4) is 0 Å². The minimum absolute atomic E-state index is 0.0447. The van der Waals surface area contributed by atoms with E-state index in [2.05, 4.69) is 26.5 Å². The van der Waals surface area contributed by atoms with Crippen molar-refractivity contribution in [1.82, 2.24) is 0 Å². The maximum absolute atomic E-state index is 12.3. The molecular formula is C24H32O6. The summed E-state index contributed by atoms with van der Waals surface area (Å²) in [6.45, 7) is 11.8. The maximum Gasteiger partial charge on any atom is 0.334 e. The molecule has 0 spiro atoms. The average Bonchev–Trinajstić information content (AvgIpc) is 2.95. The zero-order chi connectivity index (χ0) is 21.8. The van der Waals surface area contributed by atoms with Gasteiger partial charge in [-0.25, -0.2) is 4.79 Å². The highest BCUT2D eigenvalue weighted by molar-refractivity contribution is 5.91. The first-order chi connectivity index (χ1) is 14.1. The van der Waals surface area contributed by atoms with Gasteiger partial charge in [-0.3, -0.25) is 9.59 Å². The first-order valence-corrected chi connectivity index (χ1v) is 11.0. The van der Waals surface area contributed by atoms with Crippen LogP contribution in [0.4, 0.5) is 0 Å². The normalized spacial score (nSPS) is 42.3. The fourth-order valence-electron chi connectivity index (χ4n) is 6.92. The lowest BCUT2D eigenvalue weighted by Crippen LogP contribution is -2.56. The Morgan fingerprint density at radius 2 is 1.97 bits per heavy atom. The van der Waals surface area contributed by atoms with Crippen LogP contribution in [0.25, 0.3) is 0 Å². The van der Waals surface area contributed by atoms with Crippen LogP contribution in [0.1, 0.15) is 59.8 Å². The van der Waals surface area contributed by atoms with Gasteiger partial charge in [0.15, 0.2) is 0 Å². The summed E-state index contributed by atoms with van der Waals surface area (Å²) in [5.41, 5.74) is 1.41. The summed E-state index contributed by atoms with van der Waals surface area (Å²) in [5.74, 6) is -0.805. The van der Waals surface area contributed by atoms with Gasteiger partial charge in [-0.15, -0.1) is 0 Å². The highest BCUT2D eigenvalue weighted by Gasteiger charge is 2.61. The lowest BCUT2D eigenvalue weighted by Gasteiger charge is -2.59. The Kier molecular flexibility index (Phi) is 5.10. The molecule has 3 fully saturated rings. The second-order valence-corrected chi connectivity index (χ2v) is 10.1. The summed E-state index contributed by atoms with van der Waals surface area (Å²) in [6, 6.07) is 0. The quantitative estimate of drug-likeness (QED) is 0.302. The van der Waals surface area contributed by atoms with E-state index in [0.717, 1.165) is 31.3 Å². The van der Waals surface area contributed by atoms with Crippen molar-refractivity contribution in [1.29, 1.82) is 0 Å². The molecule has 0 amide bonds. The van der Waals surface area contributed by atoms with Crippen LogP contribution in [-0.2, 0) is 28.6 Å². The van der Waals surface area contributed by atoms with Crippen molar-refractivity contribution in [2.24, 2.45) is 28.6 Å². The van der Waals surface area contributed by atoms with Crippen LogP contribution >= 0.6 is 0 Å². The molecule has 1 saturated heterocycles. The number of fused-ring (bicyclic) bond motifs is 5. The molecule has 4 aliphatic rings. The number of esters is 3. The highest BCUT2D eigenvalue weighted by Crippen LogP contribution is 2.64. The number of rotatable bonds is 3. The van der Waals surface area contributed by atoms with E-state index >= 15 is 0 Å². The molecule has 6 nitrogen and oxygen atoms in total. The molecule has 3 aliphatic carbocycles. The van der Waals surface area contributed by atoms with Crippen LogP contribution in [0.2, 0.25) is 0 Å². The van der Waals surface area contributed by atoms with Crippen molar-refractivity contribution in [2.45, 2.75) is 72.0 Å². The van der Waals surface area contributed by atoms with Gasteiger partial charge in [0.2, 0.25) is 0 Å².